The number of nitriles is 1. The number of pyridine rings is 1. The minimum Gasteiger partial charge on any atom is -0.492 e. The van der Waals surface area contributed by atoms with Gasteiger partial charge in [0.2, 0.25) is 0 Å². The predicted molar refractivity (Wildman–Crippen MR) is 89.6 cm³/mol. The fraction of sp³-hybridized carbons (Fsp3) is 0.333. The molecule has 0 saturated carbocycles. The first kappa shape index (κ1) is 17.0. The Kier molecular flexibility index (Phi) is 5.00. The zero-order valence-corrected chi connectivity index (χ0v) is 13.5. The molecular formula is C18H18FN3O3. The van der Waals surface area contributed by atoms with Gasteiger partial charge in [0, 0.05) is 25.1 Å². The third-order valence-electron chi connectivity index (χ3n) is 4.20. The Hall–Kier alpha value is -2.85. The van der Waals surface area contributed by atoms with Gasteiger partial charge in [-0.25, -0.2) is 8.96 Å². The number of ether oxygens (including phenoxy) is 1. The molecule has 25 heavy (non-hydrogen) atoms. The van der Waals surface area contributed by atoms with Crippen molar-refractivity contribution in [1.29, 1.82) is 5.26 Å². The molecule has 0 radical (unpaired) electrons. The van der Waals surface area contributed by atoms with Crippen molar-refractivity contribution < 1.29 is 14.2 Å². The van der Waals surface area contributed by atoms with Gasteiger partial charge >= 0.3 is 0 Å². The van der Waals surface area contributed by atoms with Gasteiger partial charge in [-0.3, -0.25) is 4.79 Å². The Bertz CT molecular complexity index is 829. The second-order valence-electron chi connectivity index (χ2n) is 6.01. The van der Waals surface area contributed by atoms with Crippen LogP contribution in [0.25, 0.3) is 0 Å². The van der Waals surface area contributed by atoms with Crippen molar-refractivity contribution in [3.8, 4) is 11.9 Å². The maximum atomic E-state index is 14.3. The number of aromatic nitrogens is 1. The average Bonchev–Trinajstić information content (AvgIpc) is 2.76. The van der Waals surface area contributed by atoms with Crippen LogP contribution in [0.1, 0.15) is 0 Å². The van der Waals surface area contributed by atoms with Gasteiger partial charge in [-0.2, -0.15) is 5.26 Å². The van der Waals surface area contributed by atoms with E-state index in [-0.39, 0.29) is 12.5 Å². The topological polar surface area (TPSA) is 78.5 Å². The van der Waals surface area contributed by atoms with E-state index in [0.717, 1.165) is 4.57 Å². The van der Waals surface area contributed by atoms with Gasteiger partial charge in [-0.05, 0) is 23.8 Å². The van der Waals surface area contributed by atoms with E-state index in [0.29, 0.717) is 36.7 Å². The molecule has 3 rings (SSSR count). The number of hydrogen-bond donors (Lipinski definition) is 1. The SMILES string of the molecule is N#Cn1cc(OCC2CN(C3=CC=CC(CO)=CC3F)C2)ccc1=O. The molecule has 130 valence electrons. The van der Waals surface area contributed by atoms with Crippen LogP contribution in [-0.2, 0) is 0 Å². The minimum atomic E-state index is -1.24. The molecule has 7 heteroatoms. The number of allylic oxidation sites excluding steroid dienone is 3. The molecule has 1 unspecified atom stereocenters. The largest absolute Gasteiger partial charge is 0.492 e. The van der Waals surface area contributed by atoms with Crippen molar-refractivity contribution in [2.75, 3.05) is 26.3 Å². The normalized spacial score (nSPS) is 20.2. The molecule has 2 aliphatic rings. The first-order chi connectivity index (χ1) is 12.1. The van der Waals surface area contributed by atoms with E-state index in [4.69, 9.17) is 15.1 Å². The quantitative estimate of drug-likeness (QED) is 0.869. The summed E-state index contributed by atoms with van der Waals surface area (Å²) in [5, 5.41) is 17.9. The van der Waals surface area contributed by atoms with Crippen LogP contribution in [-0.4, -0.2) is 47.0 Å². The standard InChI is InChI=1S/C18H18FN3O3/c19-16-6-13(10-23)2-1-3-17(16)21-7-14(8-21)11-25-15-4-5-18(24)22(9-15)12-20/h1-6,9,14,16,23H,7-8,10-11H2. The third-order valence-corrected chi connectivity index (χ3v) is 4.20. The van der Waals surface area contributed by atoms with Crippen LogP contribution in [0, 0.1) is 17.4 Å². The van der Waals surface area contributed by atoms with Crippen LogP contribution in [0.4, 0.5) is 4.39 Å². The van der Waals surface area contributed by atoms with Gasteiger partial charge < -0.3 is 14.7 Å². The molecule has 0 aromatic carbocycles. The molecule has 1 N–H and O–H groups in total. The van der Waals surface area contributed by atoms with E-state index in [1.165, 1.54) is 24.4 Å². The van der Waals surface area contributed by atoms with Crippen molar-refractivity contribution in [3.05, 3.63) is 64.3 Å². The lowest BCUT2D eigenvalue weighted by Gasteiger charge is -2.42. The zero-order chi connectivity index (χ0) is 17.8. The number of halogens is 1. The second-order valence-corrected chi connectivity index (χ2v) is 6.01. The van der Waals surface area contributed by atoms with Crippen molar-refractivity contribution in [3.63, 3.8) is 0 Å². The maximum Gasteiger partial charge on any atom is 0.263 e. The summed E-state index contributed by atoms with van der Waals surface area (Å²) >= 11 is 0. The van der Waals surface area contributed by atoms with Gasteiger partial charge in [-0.15, -0.1) is 0 Å². The lowest BCUT2D eigenvalue weighted by Crippen LogP contribution is -2.49. The lowest BCUT2D eigenvalue weighted by molar-refractivity contribution is 0.0805. The highest BCUT2D eigenvalue weighted by molar-refractivity contribution is 5.34. The lowest BCUT2D eigenvalue weighted by atomic mass is 9.99. The predicted octanol–water partition coefficient (Wildman–Crippen LogP) is 1.20. The number of nitrogens with zero attached hydrogens (tertiary/aromatic N) is 3. The molecule has 2 heterocycles. The van der Waals surface area contributed by atoms with Crippen LogP contribution in [0.3, 0.4) is 0 Å². The van der Waals surface area contributed by atoms with Crippen molar-refractivity contribution in [1.82, 2.24) is 9.47 Å². The van der Waals surface area contributed by atoms with Crippen molar-refractivity contribution in [2.24, 2.45) is 5.92 Å². The van der Waals surface area contributed by atoms with Crippen LogP contribution < -0.4 is 10.3 Å². The first-order valence-electron chi connectivity index (χ1n) is 7.95. The van der Waals surface area contributed by atoms with Crippen LogP contribution >= 0.6 is 0 Å². The monoisotopic (exact) mass is 343 g/mol. The molecule has 1 aromatic heterocycles. The highest BCUT2D eigenvalue weighted by atomic mass is 19.1. The Morgan fingerprint density at radius 1 is 1.40 bits per heavy atom. The molecular weight excluding hydrogens is 325 g/mol. The van der Waals surface area contributed by atoms with Gasteiger partial charge in [-0.1, -0.05) is 12.2 Å². The van der Waals surface area contributed by atoms with E-state index in [1.807, 2.05) is 4.90 Å². The average molecular weight is 343 g/mol. The smallest absolute Gasteiger partial charge is 0.263 e. The fourth-order valence-electron chi connectivity index (χ4n) is 2.81. The number of hydrogen-bond acceptors (Lipinski definition) is 5. The van der Waals surface area contributed by atoms with Crippen LogP contribution in [0.5, 0.6) is 5.75 Å². The van der Waals surface area contributed by atoms with Crippen molar-refractivity contribution >= 4 is 0 Å². The first-order valence-corrected chi connectivity index (χ1v) is 7.95. The molecule has 0 amide bonds. The zero-order valence-electron chi connectivity index (χ0n) is 13.5. The van der Waals surface area contributed by atoms with E-state index in [1.54, 1.807) is 24.4 Å². The second kappa shape index (κ2) is 7.36. The van der Waals surface area contributed by atoms with E-state index in [9.17, 15) is 9.18 Å². The van der Waals surface area contributed by atoms with Gasteiger partial charge in [0.15, 0.2) is 12.4 Å². The van der Waals surface area contributed by atoms with Gasteiger partial charge in [0.25, 0.3) is 5.56 Å². The number of alkyl halides is 1. The Morgan fingerprint density at radius 2 is 2.20 bits per heavy atom. The maximum absolute atomic E-state index is 14.3. The summed E-state index contributed by atoms with van der Waals surface area (Å²) in [4.78, 5) is 13.3. The Morgan fingerprint density at radius 3 is 2.92 bits per heavy atom. The highest BCUT2D eigenvalue weighted by Crippen LogP contribution is 2.27. The number of likely N-dealkylation sites (tertiary alicyclic amines) is 1. The number of aliphatic hydroxyl groups is 1. The molecule has 1 aliphatic heterocycles. The molecule has 1 fully saturated rings. The van der Waals surface area contributed by atoms with E-state index >= 15 is 0 Å². The Balaban J connectivity index is 1.53. The van der Waals surface area contributed by atoms with Crippen LogP contribution in [0.2, 0.25) is 0 Å². The molecule has 0 bridgehead atoms. The molecule has 1 aromatic rings. The number of aliphatic hydroxyl groups excluding tert-OH is 1. The summed E-state index contributed by atoms with van der Waals surface area (Å²) < 4.78 is 20.8. The molecule has 1 saturated heterocycles. The van der Waals surface area contributed by atoms with Gasteiger partial charge in [0.05, 0.1) is 25.1 Å². The minimum absolute atomic E-state index is 0.181. The third kappa shape index (κ3) is 3.80. The molecule has 1 aliphatic carbocycles. The summed E-state index contributed by atoms with van der Waals surface area (Å²) in [6.07, 6.45) is 8.46. The summed E-state index contributed by atoms with van der Waals surface area (Å²) in [7, 11) is 0. The fourth-order valence-corrected chi connectivity index (χ4v) is 2.81. The highest BCUT2D eigenvalue weighted by Gasteiger charge is 2.31. The summed E-state index contributed by atoms with van der Waals surface area (Å²) in [5.74, 6) is 0.694. The molecule has 1 atom stereocenters. The van der Waals surface area contributed by atoms with Crippen LogP contribution in [0.15, 0.2) is 58.7 Å². The van der Waals surface area contributed by atoms with Crippen molar-refractivity contribution in [2.45, 2.75) is 6.17 Å². The van der Waals surface area contributed by atoms with Gasteiger partial charge in [0.1, 0.15) is 5.75 Å². The number of rotatable bonds is 5. The summed E-state index contributed by atoms with van der Waals surface area (Å²) in [5.41, 5.74) is 0.739. The van der Waals surface area contributed by atoms with E-state index < -0.39 is 11.7 Å². The van der Waals surface area contributed by atoms with E-state index in [2.05, 4.69) is 0 Å². The summed E-state index contributed by atoms with van der Waals surface area (Å²) in [6.45, 7) is 1.58. The Labute approximate surface area is 144 Å². The summed E-state index contributed by atoms with van der Waals surface area (Å²) in [6, 6.07) is 2.82. The molecule has 6 nitrogen and oxygen atoms in total. The molecule has 0 spiro atoms.